The first-order valence-electron chi connectivity index (χ1n) is 6.21. The lowest BCUT2D eigenvalue weighted by Gasteiger charge is -2.28. The molecule has 3 N–H and O–H groups in total. The van der Waals surface area contributed by atoms with Gasteiger partial charge in [0.25, 0.3) is 0 Å². The zero-order valence-corrected chi connectivity index (χ0v) is 11.5. The monoisotopic (exact) mass is 266 g/mol. The molecule has 0 aromatic rings. The molecular weight excluding hydrogens is 240 g/mol. The van der Waals surface area contributed by atoms with Crippen LogP contribution in [0, 0.1) is 5.41 Å². The van der Waals surface area contributed by atoms with Crippen molar-refractivity contribution in [3.63, 3.8) is 0 Å². The van der Waals surface area contributed by atoms with Gasteiger partial charge in [0, 0.05) is 11.8 Å². The Morgan fingerprint density at radius 2 is 1.61 bits per heavy atom. The highest BCUT2D eigenvalue weighted by Gasteiger charge is 2.26. The van der Waals surface area contributed by atoms with Crippen LogP contribution >= 0.6 is 0 Å². The van der Waals surface area contributed by atoms with E-state index in [-0.39, 0.29) is 31.8 Å². The maximum absolute atomic E-state index is 9.71. The van der Waals surface area contributed by atoms with Crippen LogP contribution in [0.1, 0.15) is 33.6 Å². The van der Waals surface area contributed by atoms with Gasteiger partial charge in [-0.15, -0.1) is 0 Å². The summed E-state index contributed by atoms with van der Waals surface area (Å²) in [6.45, 7) is 6.76. The van der Waals surface area contributed by atoms with Gasteiger partial charge in [-0.05, 0) is 6.42 Å². The first-order valence-corrected chi connectivity index (χ1v) is 6.21. The second-order valence-corrected chi connectivity index (χ2v) is 4.77. The van der Waals surface area contributed by atoms with E-state index in [1.807, 2.05) is 20.8 Å². The summed E-state index contributed by atoms with van der Waals surface area (Å²) in [5.74, 6) is 0. The molecule has 0 aromatic carbocycles. The summed E-state index contributed by atoms with van der Waals surface area (Å²) < 4.78 is 15.3. The second-order valence-electron chi connectivity index (χ2n) is 4.77. The summed E-state index contributed by atoms with van der Waals surface area (Å²) in [4.78, 5) is 0. The summed E-state index contributed by atoms with van der Waals surface area (Å²) >= 11 is 0. The summed E-state index contributed by atoms with van der Waals surface area (Å²) in [6.07, 6.45) is -1.18. The maximum atomic E-state index is 9.71. The van der Waals surface area contributed by atoms with E-state index in [4.69, 9.17) is 24.4 Å². The summed E-state index contributed by atoms with van der Waals surface area (Å²) in [5.41, 5.74) is -0.270. The highest BCUT2D eigenvalue weighted by molar-refractivity contribution is 4.69. The lowest BCUT2D eigenvalue weighted by molar-refractivity contribution is -0.179. The van der Waals surface area contributed by atoms with E-state index < -0.39 is 12.6 Å². The van der Waals surface area contributed by atoms with Crippen molar-refractivity contribution < 1.29 is 29.5 Å². The minimum absolute atomic E-state index is 0.0728. The van der Waals surface area contributed by atoms with E-state index in [2.05, 4.69) is 0 Å². The Morgan fingerprint density at radius 1 is 1.00 bits per heavy atom. The molecule has 0 heterocycles. The molecule has 1 atom stereocenters. The number of aliphatic hydroxyl groups excluding tert-OH is 2. The van der Waals surface area contributed by atoms with Crippen molar-refractivity contribution in [1.29, 1.82) is 0 Å². The average molecular weight is 266 g/mol. The van der Waals surface area contributed by atoms with Crippen molar-refractivity contribution in [1.82, 2.24) is 0 Å². The Bertz CT molecular complexity index is 195. The molecule has 0 saturated heterocycles. The molecule has 0 aliphatic heterocycles. The molecule has 110 valence electrons. The largest absolute Gasteiger partial charge is 0.368 e. The van der Waals surface area contributed by atoms with Crippen LogP contribution in [0.5, 0.6) is 0 Å². The molecule has 0 saturated carbocycles. The maximum Gasteiger partial charge on any atom is 0.159 e. The lowest BCUT2D eigenvalue weighted by atomic mass is 9.90. The number of hydrogen-bond donors (Lipinski definition) is 3. The van der Waals surface area contributed by atoms with Crippen molar-refractivity contribution in [2.75, 3.05) is 26.6 Å². The van der Waals surface area contributed by atoms with Crippen LogP contribution in [0.25, 0.3) is 0 Å². The van der Waals surface area contributed by atoms with Gasteiger partial charge in [-0.3, -0.25) is 0 Å². The van der Waals surface area contributed by atoms with Crippen LogP contribution < -0.4 is 0 Å². The highest BCUT2D eigenvalue weighted by Crippen LogP contribution is 2.25. The van der Waals surface area contributed by atoms with Gasteiger partial charge in [0.2, 0.25) is 0 Å². The van der Waals surface area contributed by atoms with Gasteiger partial charge >= 0.3 is 0 Å². The minimum atomic E-state index is -1.35. The quantitative estimate of drug-likeness (QED) is 0.372. The summed E-state index contributed by atoms with van der Waals surface area (Å²) in [6, 6.07) is 0. The lowest BCUT2D eigenvalue weighted by Crippen LogP contribution is -2.32. The van der Waals surface area contributed by atoms with Crippen LogP contribution in [0.3, 0.4) is 0 Å². The van der Waals surface area contributed by atoms with E-state index in [1.165, 1.54) is 0 Å². The number of rotatable bonds is 11. The van der Waals surface area contributed by atoms with Crippen LogP contribution in [-0.4, -0.2) is 54.5 Å². The minimum Gasteiger partial charge on any atom is -0.368 e. The van der Waals surface area contributed by atoms with E-state index in [9.17, 15) is 5.11 Å². The zero-order valence-electron chi connectivity index (χ0n) is 11.5. The average Bonchev–Trinajstić information content (AvgIpc) is 2.31. The van der Waals surface area contributed by atoms with Gasteiger partial charge < -0.3 is 29.5 Å². The molecule has 0 fully saturated rings. The van der Waals surface area contributed by atoms with E-state index in [0.29, 0.717) is 6.61 Å². The highest BCUT2D eigenvalue weighted by atomic mass is 16.7. The number of ether oxygens (including phenoxy) is 3. The third-order valence-corrected chi connectivity index (χ3v) is 2.77. The first kappa shape index (κ1) is 17.8. The second kappa shape index (κ2) is 9.66. The Hall–Kier alpha value is -0.240. The van der Waals surface area contributed by atoms with Gasteiger partial charge in [0.1, 0.15) is 6.79 Å². The summed E-state index contributed by atoms with van der Waals surface area (Å²) in [5, 5.41) is 26.8. The molecule has 6 heteroatoms. The molecule has 6 nitrogen and oxygen atoms in total. The molecule has 0 spiro atoms. The Kier molecular flexibility index (Phi) is 9.53. The van der Waals surface area contributed by atoms with E-state index >= 15 is 0 Å². The zero-order chi connectivity index (χ0) is 14.0. The van der Waals surface area contributed by atoms with Crippen molar-refractivity contribution in [2.24, 2.45) is 5.41 Å². The predicted molar refractivity (Wildman–Crippen MR) is 65.6 cm³/mol. The molecule has 0 radical (unpaired) electrons. The predicted octanol–water partition coefficient (Wildman–Crippen LogP) is 0.449. The number of aliphatic hydroxyl groups is 3. The summed E-state index contributed by atoms with van der Waals surface area (Å²) in [7, 11) is 0. The van der Waals surface area contributed by atoms with Gasteiger partial charge in [-0.2, -0.15) is 0 Å². The Balaban J connectivity index is 3.35. The molecule has 18 heavy (non-hydrogen) atoms. The topological polar surface area (TPSA) is 88.4 Å². The fourth-order valence-corrected chi connectivity index (χ4v) is 0.984. The molecule has 0 rings (SSSR count). The molecule has 0 amide bonds. The molecule has 0 aliphatic carbocycles. The van der Waals surface area contributed by atoms with Crippen LogP contribution in [0.15, 0.2) is 0 Å². The molecular formula is C12H26O6. The molecule has 0 aromatic heterocycles. The fraction of sp³-hybridized carbons (Fsp3) is 1.00. The van der Waals surface area contributed by atoms with Crippen LogP contribution in [-0.2, 0) is 14.2 Å². The Labute approximate surface area is 108 Å². The van der Waals surface area contributed by atoms with Gasteiger partial charge in [0.05, 0.1) is 19.8 Å². The number of hydrogen-bond acceptors (Lipinski definition) is 6. The third kappa shape index (κ3) is 8.79. The Morgan fingerprint density at radius 3 is 2.17 bits per heavy atom. The molecule has 0 aliphatic rings. The van der Waals surface area contributed by atoms with Gasteiger partial charge in [-0.25, -0.2) is 0 Å². The third-order valence-electron chi connectivity index (χ3n) is 2.77. The first-order chi connectivity index (χ1) is 8.40. The molecule has 0 bridgehead atoms. The van der Waals surface area contributed by atoms with Crippen LogP contribution in [0.2, 0.25) is 0 Å². The van der Waals surface area contributed by atoms with Crippen molar-refractivity contribution in [3.8, 4) is 0 Å². The van der Waals surface area contributed by atoms with Crippen molar-refractivity contribution in [2.45, 2.75) is 46.2 Å². The smallest absolute Gasteiger partial charge is 0.159 e. The van der Waals surface area contributed by atoms with Gasteiger partial charge in [0.15, 0.2) is 12.6 Å². The molecule has 1 unspecified atom stereocenters. The normalized spacial score (nSPS) is 14.2. The standard InChI is InChI=1S/C12H26O6/c1-4-12(2,3)11(15)18-8-7-17-9-16-6-5-10(13)14/h10-11,13-15H,4-9H2,1-3H3. The van der Waals surface area contributed by atoms with Crippen LogP contribution in [0.4, 0.5) is 0 Å². The van der Waals surface area contributed by atoms with Crippen molar-refractivity contribution >= 4 is 0 Å². The van der Waals surface area contributed by atoms with Gasteiger partial charge in [-0.1, -0.05) is 20.8 Å². The van der Waals surface area contributed by atoms with E-state index in [0.717, 1.165) is 6.42 Å². The van der Waals surface area contributed by atoms with E-state index in [1.54, 1.807) is 0 Å². The fourth-order valence-electron chi connectivity index (χ4n) is 0.984. The van der Waals surface area contributed by atoms with Crippen molar-refractivity contribution in [3.05, 3.63) is 0 Å². The SMILES string of the molecule is CCC(C)(C)C(O)OCCOCOCCC(O)O.